The number of rotatable bonds is 4. The summed E-state index contributed by atoms with van der Waals surface area (Å²) < 4.78 is 41.5. The molecule has 6 nitrogen and oxygen atoms in total. The van der Waals surface area contributed by atoms with Gasteiger partial charge in [-0.15, -0.1) is 10.2 Å². The van der Waals surface area contributed by atoms with E-state index in [9.17, 15) is 12.8 Å². The van der Waals surface area contributed by atoms with Gasteiger partial charge in [0.05, 0.1) is 11.1 Å². The van der Waals surface area contributed by atoms with Gasteiger partial charge >= 0.3 is 0 Å². The van der Waals surface area contributed by atoms with Crippen LogP contribution in [0.15, 0.2) is 29.4 Å². The Morgan fingerprint density at radius 3 is 2.75 bits per heavy atom. The van der Waals surface area contributed by atoms with Gasteiger partial charge in [-0.3, -0.25) is 0 Å². The van der Waals surface area contributed by atoms with E-state index in [-0.39, 0.29) is 9.92 Å². The summed E-state index contributed by atoms with van der Waals surface area (Å²) in [5.74, 6) is -0.248. The van der Waals surface area contributed by atoms with Crippen LogP contribution in [0.5, 0.6) is 0 Å². The fourth-order valence-electron chi connectivity index (χ4n) is 1.72. The van der Waals surface area contributed by atoms with Gasteiger partial charge in [0, 0.05) is 7.05 Å². The van der Waals surface area contributed by atoms with Crippen molar-refractivity contribution in [2.45, 2.75) is 17.9 Å². The lowest BCUT2D eigenvalue weighted by Gasteiger charge is -2.14. The molecule has 1 N–H and O–H groups in total. The molecule has 0 radical (unpaired) electrons. The Hall–Kier alpha value is -1.51. The fourth-order valence-corrected chi connectivity index (χ4v) is 3.43. The minimum Gasteiger partial charge on any atom is -0.319 e. The first-order valence-electron chi connectivity index (χ1n) is 5.62. The molecule has 1 aromatic carbocycles. The first-order valence-corrected chi connectivity index (χ1v) is 7.48. The molecule has 1 atom stereocenters. The molecule has 9 heteroatoms. The van der Waals surface area contributed by atoms with E-state index in [1.807, 2.05) is 0 Å². The van der Waals surface area contributed by atoms with E-state index in [2.05, 4.69) is 14.9 Å². The molecule has 1 aromatic heterocycles. The average molecular weight is 319 g/mol. The van der Waals surface area contributed by atoms with Crippen LogP contribution in [-0.2, 0) is 17.1 Å². The van der Waals surface area contributed by atoms with Crippen molar-refractivity contribution in [1.29, 1.82) is 0 Å². The first kappa shape index (κ1) is 14.9. The Kier molecular flexibility index (Phi) is 4.07. The van der Waals surface area contributed by atoms with E-state index in [0.29, 0.717) is 5.82 Å². The van der Waals surface area contributed by atoms with Crippen molar-refractivity contribution < 1.29 is 12.8 Å². The van der Waals surface area contributed by atoms with E-state index in [1.54, 1.807) is 18.5 Å². The van der Waals surface area contributed by atoms with Gasteiger partial charge in [-0.05, 0) is 25.1 Å². The highest BCUT2D eigenvalue weighted by Gasteiger charge is 2.23. The molecular formula is C11H12ClFN4O2S. The van der Waals surface area contributed by atoms with E-state index >= 15 is 0 Å². The topological polar surface area (TPSA) is 76.9 Å². The molecule has 0 spiro atoms. The summed E-state index contributed by atoms with van der Waals surface area (Å²) in [6.07, 6.45) is 1.45. The highest BCUT2D eigenvalue weighted by Crippen LogP contribution is 2.23. The van der Waals surface area contributed by atoms with Crippen LogP contribution in [0.25, 0.3) is 0 Å². The molecule has 20 heavy (non-hydrogen) atoms. The van der Waals surface area contributed by atoms with Gasteiger partial charge in [0.25, 0.3) is 0 Å². The van der Waals surface area contributed by atoms with Gasteiger partial charge in [0.1, 0.15) is 22.9 Å². The number of hydrogen-bond donors (Lipinski definition) is 1. The second kappa shape index (κ2) is 5.47. The second-order valence-electron chi connectivity index (χ2n) is 4.22. The summed E-state index contributed by atoms with van der Waals surface area (Å²) in [7, 11) is -2.27. The lowest BCUT2D eigenvalue weighted by molar-refractivity contribution is 0.551. The molecule has 2 aromatic rings. The monoisotopic (exact) mass is 318 g/mol. The van der Waals surface area contributed by atoms with Crippen LogP contribution in [0.2, 0.25) is 5.02 Å². The van der Waals surface area contributed by atoms with Gasteiger partial charge in [-0.25, -0.2) is 17.5 Å². The fraction of sp³-hybridized carbons (Fsp3) is 0.273. The van der Waals surface area contributed by atoms with Crippen LogP contribution in [0, 0.1) is 5.82 Å². The van der Waals surface area contributed by atoms with Crippen molar-refractivity contribution >= 4 is 21.6 Å². The summed E-state index contributed by atoms with van der Waals surface area (Å²) >= 11 is 5.80. The quantitative estimate of drug-likeness (QED) is 0.930. The Labute approximate surface area is 120 Å². The molecule has 0 fully saturated rings. The number of nitrogens with one attached hydrogen (secondary N) is 1. The summed E-state index contributed by atoms with van der Waals surface area (Å²) in [5, 5.41) is 7.43. The first-order chi connectivity index (χ1) is 9.31. The lowest BCUT2D eigenvalue weighted by Crippen LogP contribution is -2.28. The lowest BCUT2D eigenvalue weighted by atomic mass is 10.3. The molecule has 2 rings (SSSR count). The molecule has 108 valence electrons. The molecular weight excluding hydrogens is 307 g/mol. The Bertz CT molecular complexity index is 732. The summed E-state index contributed by atoms with van der Waals surface area (Å²) in [6.45, 7) is 1.61. The van der Waals surface area contributed by atoms with Gasteiger partial charge < -0.3 is 4.57 Å². The second-order valence-corrected chi connectivity index (χ2v) is 6.31. The maximum Gasteiger partial charge on any atom is 0.242 e. The number of sulfonamides is 1. The zero-order valence-electron chi connectivity index (χ0n) is 10.7. The minimum absolute atomic E-state index is 0.0518. The molecule has 0 saturated carbocycles. The predicted molar refractivity (Wildman–Crippen MR) is 71.1 cm³/mol. The van der Waals surface area contributed by atoms with Crippen molar-refractivity contribution in [3.8, 4) is 0 Å². The van der Waals surface area contributed by atoms with Crippen molar-refractivity contribution in [1.82, 2.24) is 19.5 Å². The van der Waals surface area contributed by atoms with Gasteiger partial charge in [-0.1, -0.05) is 11.6 Å². The Balaban J connectivity index is 2.32. The number of halogens is 2. The molecule has 0 aliphatic heterocycles. The van der Waals surface area contributed by atoms with Crippen molar-refractivity contribution in [2.75, 3.05) is 0 Å². The Morgan fingerprint density at radius 2 is 2.15 bits per heavy atom. The van der Waals surface area contributed by atoms with Crippen LogP contribution in [-0.4, -0.2) is 23.2 Å². The van der Waals surface area contributed by atoms with E-state index in [1.165, 1.54) is 12.4 Å². The van der Waals surface area contributed by atoms with Crippen molar-refractivity contribution in [3.05, 3.63) is 41.2 Å². The predicted octanol–water partition coefficient (Wildman–Crippen LogP) is 1.65. The SMILES string of the molecule is C[C@@H](NS(=O)(=O)c1cc(F)ccc1Cl)c1nncn1C. The van der Waals surface area contributed by atoms with Crippen LogP contribution in [0.3, 0.4) is 0 Å². The zero-order valence-corrected chi connectivity index (χ0v) is 12.3. The van der Waals surface area contributed by atoms with Crippen LogP contribution < -0.4 is 4.72 Å². The maximum atomic E-state index is 13.2. The molecule has 0 aliphatic carbocycles. The molecule has 0 aliphatic rings. The van der Waals surface area contributed by atoms with E-state index in [4.69, 9.17) is 11.6 Å². The van der Waals surface area contributed by atoms with Gasteiger partial charge in [0.15, 0.2) is 0 Å². The summed E-state index contributed by atoms with van der Waals surface area (Å²) in [4.78, 5) is -0.312. The molecule has 0 saturated heterocycles. The third-order valence-corrected chi connectivity index (χ3v) is 4.67. The smallest absolute Gasteiger partial charge is 0.242 e. The number of nitrogens with zero attached hydrogens (tertiary/aromatic N) is 3. The standard InChI is InChI=1S/C11H12ClFN4O2S/c1-7(11-15-14-6-17(11)2)16-20(18,19)10-5-8(13)3-4-9(10)12/h3-7,16H,1-2H3/t7-/m1/s1. The number of benzene rings is 1. The average Bonchev–Trinajstić information content (AvgIpc) is 2.78. The third-order valence-electron chi connectivity index (χ3n) is 2.65. The van der Waals surface area contributed by atoms with E-state index in [0.717, 1.165) is 12.1 Å². The normalized spacial score (nSPS) is 13.4. The van der Waals surface area contributed by atoms with Crippen molar-refractivity contribution in [2.24, 2.45) is 7.05 Å². The summed E-state index contributed by atoms with van der Waals surface area (Å²) in [5.41, 5.74) is 0. The molecule has 1 heterocycles. The molecule has 0 bridgehead atoms. The van der Waals surface area contributed by atoms with Crippen molar-refractivity contribution in [3.63, 3.8) is 0 Å². The number of aryl methyl sites for hydroxylation is 1. The largest absolute Gasteiger partial charge is 0.319 e. The van der Waals surface area contributed by atoms with E-state index < -0.39 is 21.9 Å². The number of aromatic nitrogens is 3. The van der Waals surface area contributed by atoms with Gasteiger partial charge in [0.2, 0.25) is 10.0 Å². The third kappa shape index (κ3) is 2.97. The van der Waals surface area contributed by atoms with Crippen LogP contribution in [0.4, 0.5) is 4.39 Å². The highest BCUT2D eigenvalue weighted by molar-refractivity contribution is 7.89. The summed E-state index contributed by atoms with van der Waals surface area (Å²) in [6, 6.07) is 2.52. The van der Waals surface area contributed by atoms with Gasteiger partial charge in [-0.2, -0.15) is 0 Å². The highest BCUT2D eigenvalue weighted by atomic mass is 35.5. The minimum atomic E-state index is -3.96. The van der Waals surface area contributed by atoms with Crippen LogP contribution >= 0.6 is 11.6 Å². The Morgan fingerprint density at radius 1 is 1.45 bits per heavy atom. The maximum absolute atomic E-state index is 13.2. The zero-order chi connectivity index (χ0) is 14.9. The van der Waals surface area contributed by atoms with Crippen LogP contribution in [0.1, 0.15) is 18.8 Å². The molecule has 0 unspecified atom stereocenters. The number of hydrogen-bond acceptors (Lipinski definition) is 4. The molecule has 0 amide bonds.